The van der Waals surface area contributed by atoms with Crippen LogP contribution in [0.2, 0.25) is 0 Å². The number of sulfonamides is 1. The summed E-state index contributed by atoms with van der Waals surface area (Å²) < 4.78 is 52.0. The predicted octanol–water partition coefficient (Wildman–Crippen LogP) is 3.42. The number of hydrogen-bond acceptors (Lipinski definition) is 8. The van der Waals surface area contributed by atoms with Gasteiger partial charge in [0.25, 0.3) is 0 Å². The van der Waals surface area contributed by atoms with Crippen LogP contribution in [0.1, 0.15) is 22.3 Å². The Morgan fingerprint density at radius 2 is 1.40 bits per heavy atom. The second-order valence-corrected chi connectivity index (χ2v) is 11.4. The van der Waals surface area contributed by atoms with Crippen LogP contribution in [0, 0.1) is 36.5 Å². The van der Waals surface area contributed by atoms with E-state index < -0.39 is 19.0 Å². The van der Waals surface area contributed by atoms with Crippen LogP contribution >= 0.6 is 10.7 Å². The van der Waals surface area contributed by atoms with E-state index in [2.05, 4.69) is 27.3 Å². The highest BCUT2D eigenvalue weighted by Crippen LogP contribution is 2.29. The highest BCUT2D eigenvalue weighted by atomic mass is 35.7. The molecule has 0 aliphatic heterocycles. The normalized spacial score (nSPS) is 11.7. The number of nitrogens with zero attached hydrogens (tertiary/aromatic N) is 2. The van der Waals surface area contributed by atoms with E-state index in [0.717, 1.165) is 28.5 Å². The zero-order valence-corrected chi connectivity index (χ0v) is 22.5. The van der Waals surface area contributed by atoms with Crippen molar-refractivity contribution >= 4 is 47.0 Å². The lowest BCUT2D eigenvalue weighted by Gasteiger charge is -2.13. The predicted molar refractivity (Wildman–Crippen MR) is 141 cm³/mol. The summed E-state index contributed by atoms with van der Waals surface area (Å²) in [5.74, 6) is 3.66. The highest BCUT2D eigenvalue weighted by molar-refractivity contribution is 8.16. The number of halogens is 1. The van der Waals surface area contributed by atoms with E-state index in [-0.39, 0.29) is 6.42 Å². The van der Waals surface area contributed by atoms with Gasteiger partial charge in [-0.2, -0.15) is 10.5 Å². The van der Waals surface area contributed by atoms with E-state index in [1.165, 1.54) is 7.11 Å². The molecule has 0 spiro atoms. The van der Waals surface area contributed by atoms with E-state index in [0.29, 0.717) is 29.3 Å². The van der Waals surface area contributed by atoms with Gasteiger partial charge in [-0.1, -0.05) is 0 Å². The number of benzene rings is 2. The van der Waals surface area contributed by atoms with E-state index in [1.54, 1.807) is 19.2 Å². The molecule has 0 saturated carbocycles. The number of ether oxygens (including phenoxy) is 2. The van der Waals surface area contributed by atoms with Gasteiger partial charge in [0.1, 0.15) is 11.5 Å². The number of rotatable bonds is 6. The second kappa shape index (κ2) is 14.3. The summed E-state index contributed by atoms with van der Waals surface area (Å²) in [5.41, 5.74) is 10.3. The minimum atomic E-state index is -3.35. The second-order valence-electron chi connectivity index (χ2n) is 7.11. The molecule has 1 unspecified atom stereocenters. The highest BCUT2D eigenvalue weighted by Gasteiger charge is 2.11. The lowest BCUT2D eigenvalue weighted by Crippen LogP contribution is -2.11. The monoisotopic (exact) mass is 544 g/mol. The molecule has 0 radical (unpaired) electrons. The fraction of sp³-hybridized carbons (Fsp3) is 0.318. The van der Waals surface area contributed by atoms with E-state index in [9.17, 15) is 12.6 Å². The molecule has 13 heteroatoms. The van der Waals surface area contributed by atoms with Gasteiger partial charge in [-0.3, -0.25) is 4.72 Å². The molecule has 2 aromatic rings. The molecule has 0 aromatic heterocycles. The van der Waals surface area contributed by atoms with Crippen LogP contribution in [0.3, 0.4) is 0 Å². The molecular weight excluding hydrogens is 516 g/mol. The third-order valence-electron chi connectivity index (χ3n) is 4.18. The lowest BCUT2D eigenvalue weighted by molar-refractivity contribution is 0.416. The topological polar surface area (TPSA) is 176 Å². The fourth-order valence-corrected chi connectivity index (χ4v) is 3.22. The van der Waals surface area contributed by atoms with E-state index in [1.807, 2.05) is 32.0 Å². The van der Waals surface area contributed by atoms with Gasteiger partial charge in [0.05, 0.1) is 56.8 Å². The summed E-state index contributed by atoms with van der Waals surface area (Å²) in [7, 11) is 0.981. The molecule has 2 aromatic carbocycles. The van der Waals surface area contributed by atoms with Crippen molar-refractivity contribution in [3.8, 4) is 23.6 Å². The van der Waals surface area contributed by atoms with Crippen LogP contribution in [-0.4, -0.2) is 43.5 Å². The minimum Gasteiger partial charge on any atom is -0.495 e. The maximum Gasteiger partial charge on any atom is 0.229 e. The summed E-state index contributed by atoms with van der Waals surface area (Å²) in [6, 6.07) is 11.1. The van der Waals surface area contributed by atoms with E-state index >= 15 is 0 Å². The Morgan fingerprint density at radius 1 is 1.00 bits per heavy atom. The number of nitrogens with one attached hydrogen (secondary N) is 1. The third kappa shape index (κ3) is 13.3. The number of methoxy groups -OCH3 is 2. The average Bonchev–Trinajstić information content (AvgIpc) is 2.70. The number of aryl methyl sites for hydroxylation is 2. The summed E-state index contributed by atoms with van der Waals surface area (Å²) >= 11 is 0. The molecule has 0 heterocycles. The van der Waals surface area contributed by atoms with Gasteiger partial charge in [0, 0.05) is 10.7 Å². The molecule has 4 N–H and O–H groups in total. The van der Waals surface area contributed by atoms with Crippen LogP contribution in [0.15, 0.2) is 24.3 Å². The van der Waals surface area contributed by atoms with Gasteiger partial charge in [0.15, 0.2) is 9.02 Å². The smallest absolute Gasteiger partial charge is 0.229 e. The number of nitriles is 2. The largest absolute Gasteiger partial charge is 0.495 e. The van der Waals surface area contributed by atoms with E-state index in [4.69, 9.17) is 30.3 Å². The lowest BCUT2D eigenvalue weighted by atomic mass is 10.0. The summed E-state index contributed by atoms with van der Waals surface area (Å²) in [4.78, 5) is 0. The van der Waals surface area contributed by atoms with Crippen molar-refractivity contribution in [2.45, 2.75) is 26.7 Å². The first-order chi connectivity index (χ1) is 16.1. The van der Waals surface area contributed by atoms with Gasteiger partial charge in [-0.15, -0.1) is 0 Å². The van der Waals surface area contributed by atoms with Crippen molar-refractivity contribution in [3.63, 3.8) is 0 Å². The Bertz CT molecular complexity index is 1310. The Morgan fingerprint density at radius 3 is 1.77 bits per heavy atom. The zero-order valence-electron chi connectivity index (χ0n) is 20.1. The molecule has 192 valence electrons. The van der Waals surface area contributed by atoms with Gasteiger partial charge in [0.2, 0.25) is 10.0 Å². The first-order valence-corrected chi connectivity index (χ1v) is 14.1. The number of anilines is 2. The minimum absolute atomic E-state index is 0.265. The molecule has 35 heavy (non-hydrogen) atoms. The van der Waals surface area contributed by atoms with Crippen molar-refractivity contribution in [3.05, 3.63) is 46.5 Å². The molecule has 0 aliphatic carbocycles. The van der Waals surface area contributed by atoms with Crippen LogP contribution in [0.5, 0.6) is 11.5 Å². The average molecular weight is 545 g/mol. The SMILES string of the molecule is C=S(=O)(O)Cl.COc1cc(CC#N)c(C)cc1N.COc1cc(CC#N)c(C)cc1NS(C)(=O)=O. The first-order valence-electron chi connectivity index (χ1n) is 9.67. The van der Waals surface area contributed by atoms with Crippen molar-refractivity contribution < 1.29 is 26.7 Å². The van der Waals surface area contributed by atoms with Crippen molar-refractivity contribution in [1.82, 2.24) is 0 Å². The van der Waals surface area contributed by atoms with Gasteiger partial charge in [-0.05, 0) is 66.2 Å². The molecule has 10 nitrogen and oxygen atoms in total. The van der Waals surface area contributed by atoms with Gasteiger partial charge in [-0.25, -0.2) is 12.6 Å². The fourth-order valence-electron chi connectivity index (χ4n) is 2.66. The molecule has 1 atom stereocenters. The first kappa shape index (κ1) is 31.8. The Kier molecular flexibility index (Phi) is 13.0. The third-order valence-corrected chi connectivity index (χ3v) is 4.77. The molecule has 2 rings (SSSR count). The zero-order chi connectivity index (χ0) is 27.4. The Hall–Kier alpha value is -3.16. The van der Waals surface area contributed by atoms with Gasteiger partial charge < -0.3 is 19.8 Å². The Labute approximate surface area is 211 Å². The molecule has 0 bridgehead atoms. The number of hydrogen-bond donors (Lipinski definition) is 3. The van der Waals surface area contributed by atoms with Crippen molar-refractivity contribution in [2.24, 2.45) is 0 Å². The van der Waals surface area contributed by atoms with Crippen LogP contribution in [-0.2, 0) is 31.9 Å². The molecule has 0 fully saturated rings. The maximum atomic E-state index is 11.2. The number of nitrogens with two attached hydrogens (primary N) is 1. The Balaban J connectivity index is 0.000000567. The molecule has 0 amide bonds. The summed E-state index contributed by atoms with van der Waals surface area (Å²) in [6.07, 6.45) is 1.73. The van der Waals surface area contributed by atoms with Crippen LogP contribution in [0.4, 0.5) is 11.4 Å². The molecule has 0 saturated heterocycles. The van der Waals surface area contributed by atoms with Crippen LogP contribution in [0.25, 0.3) is 0 Å². The summed E-state index contributed by atoms with van der Waals surface area (Å²) in [6.45, 7) is 3.75. The maximum absolute atomic E-state index is 11.2. The van der Waals surface area contributed by atoms with Gasteiger partial charge >= 0.3 is 0 Å². The quantitative estimate of drug-likeness (QED) is 0.279. The molecule has 0 aliphatic rings. The van der Waals surface area contributed by atoms with Crippen LogP contribution < -0.4 is 19.9 Å². The molecular formula is C22H29ClN4O6S2. The number of nitrogen functional groups attached to an aromatic ring is 1. The van der Waals surface area contributed by atoms with Crippen molar-refractivity contribution in [2.75, 3.05) is 30.9 Å². The standard InChI is InChI=1S/C11H14N2O3S.C10H12N2O.CH3ClO2S/c1-8-6-10(13-17(3,14)15)11(16-2)7-9(8)4-5-12;1-7-5-9(12)10(13-2)6-8(7)3-4-11;1-5(2,3)4/h6-7,13H,4H2,1-3H3;5-6H,3,12H2,1-2H3;1H2,(H,3,4). The van der Waals surface area contributed by atoms with Crippen molar-refractivity contribution in [1.29, 1.82) is 10.5 Å². The summed E-state index contributed by atoms with van der Waals surface area (Å²) in [5, 5.41) is 17.2.